The molecule has 7 heteroatoms. The molecule has 14 heavy (non-hydrogen) atoms. The van der Waals surface area contributed by atoms with Crippen LogP contribution in [0.25, 0.3) is 0 Å². The van der Waals surface area contributed by atoms with E-state index >= 15 is 0 Å². The molecule has 0 aliphatic carbocycles. The Kier molecular flexibility index (Phi) is 3.62. The number of aromatic nitrogens is 2. The summed E-state index contributed by atoms with van der Waals surface area (Å²) in [5.74, 6) is 0.733. The van der Waals surface area contributed by atoms with E-state index in [0.717, 1.165) is 12.4 Å². The van der Waals surface area contributed by atoms with E-state index in [1.54, 1.807) is 12.4 Å². The molecule has 6 nitrogen and oxygen atoms in total. The molecule has 0 aromatic carbocycles. The Balaban J connectivity index is 2.46. The zero-order chi connectivity index (χ0) is 10.6. The Labute approximate surface area is 82.5 Å². The molecule has 0 unspecified atom stereocenters. The molecule has 0 aliphatic heterocycles. The quantitative estimate of drug-likeness (QED) is 0.720. The maximum atomic E-state index is 10.2. The smallest absolute Gasteiger partial charge is 0.335 e. The van der Waals surface area contributed by atoms with Gasteiger partial charge in [0.05, 0.1) is 6.61 Å². The fourth-order valence-electron chi connectivity index (χ4n) is 1.09. The van der Waals surface area contributed by atoms with Crippen LogP contribution < -0.4 is 0 Å². The van der Waals surface area contributed by atoms with Crippen molar-refractivity contribution in [2.45, 2.75) is 19.9 Å². The second-order valence-electron chi connectivity index (χ2n) is 2.63. The molecule has 0 saturated heterocycles. The molecule has 0 bridgehead atoms. The molecule has 0 saturated carbocycles. The predicted molar refractivity (Wildman–Crippen MR) is 49.1 cm³/mol. The molecule has 0 amide bonds. The van der Waals surface area contributed by atoms with Crippen LogP contribution in [0.4, 0.5) is 0 Å². The minimum absolute atomic E-state index is 0.101. The van der Waals surface area contributed by atoms with Crippen LogP contribution in [0.2, 0.25) is 0 Å². The van der Waals surface area contributed by atoms with Crippen LogP contribution in [0, 0.1) is 0 Å². The van der Waals surface area contributed by atoms with Gasteiger partial charge in [-0.05, 0) is 6.92 Å². The second kappa shape index (κ2) is 4.54. The molecule has 0 fully saturated rings. The maximum Gasteiger partial charge on any atom is 0.397 e. The molecular weight excluding hydrogens is 208 g/mol. The average Bonchev–Trinajstić information content (AvgIpc) is 2.49. The number of nitrogens with zero attached hydrogens (tertiary/aromatic N) is 2. The topological polar surface area (TPSA) is 81.4 Å². The van der Waals surface area contributed by atoms with Gasteiger partial charge in [0.15, 0.2) is 0 Å². The predicted octanol–water partition coefficient (Wildman–Crippen LogP) is 0.265. The largest absolute Gasteiger partial charge is 0.397 e. The van der Waals surface area contributed by atoms with E-state index in [1.165, 1.54) is 0 Å². The first-order chi connectivity index (χ1) is 6.53. The molecule has 1 rings (SSSR count). The molecule has 80 valence electrons. The summed E-state index contributed by atoms with van der Waals surface area (Å²) in [7, 11) is -4.33. The van der Waals surface area contributed by atoms with Crippen molar-refractivity contribution < 1.29 is 17.2 Å². The van der Waals surface area contributed by atoms with E-state index in [9.17, 15) is 8.42 Å². The van der Waals surface area contributed by atoms with Gasteiger partial charge < -0.3 is 4.57 Å². The molecule has 1 aromatic rings. The lowest BCUT2D eigenvalue weighted by Gasteiger charge is -2.03. The first kappa shape index (κ1) is 11.2. The molecule has 0 spiro atoms. The number of hydrogen-bond donors (Lipinski definition) is 1. The van der Waals surface area contributed by atoms with Gasteiger partial charge in [0, 0.05) is 25.4 Å². The van der Waals surface area contributed by atoms with Gasteiger partial charge in [-0.1, -0.05) is 0 Å². The van der Waals surface area contributed by atoms with Crippen molar-refractivity contribution in [1.29, 1.82) is 0 Å². The minimum atomic E-state index is -4.33. The van der Waals surface area contributed by atoms with Gasteiger partial charge in [0.1, 0.15) is 5.82 Å². The summed E-state index contributed by atoms with van der Waals surface area (Å²) in [6, 6.07) is 0. The monoisotopic (exact) mass is 220 g/mol. The van der Waals surface area contributed by atoms with Crippen molar-refractivity contribution >= 4 is 10.4 Å². The Morgan fingerprint density at radius 1 is 1.64 bits per heavy atom. The summed E-state index contributed by atoms with van der Waals surface area (Å²) in [4.78, 5) is 4.01. The molecule has 1 N–H and O–H groups in total. The van der Waals surface area contributed by atoms with E-state index in [1.807, 2.05) is 11.5 Å². The zero-order valence-electron chi connectivity index (χ0n) is 7.75. The highest BCUT2D eigenvalue weighted by molar-refractivity contribution is 7.80. The van der Waals surface area contributed by atoms with Crippen LogP contribution in [0.1, 0.15) is 12.7 Å². The van der Waals surface area contributed by atoms with Crippen molar-refractivity contribution in [3.63, 3.8) is 0 Å². The summed E-state index contributed by atoms with van der Waals surface area (Å²) in [6.45, 7) is 2.62. The first-order valence-electron chi connectivity index (χ1n) is 4.15. The molecule has 0 aliphatic rings. The van der Waals surface area contributed by atoms with E-state index in [-0.39, 0.29) is 6.61 Å². The van der Waals surface area contributed by atoms with Crippen LogP contribution >= 0.6 is 0 Å². The SMILES string of the molecule is CCn1ccnc1CCOS(=O)(=O)O. The highest BCUT2D eigenvalue weighted by Gasteiger charge is 2.06. The van der Waals surface area contributed by atoms with Crippen LogP contribution in [-0.2, 0) is 27.5 Å². The van der Waals surface area contributed by atoms with E-state index < -0.39 is 10.4 Å². The molecule has 1 heterocycles. The van der Waals surface area contributed by atoms with Crippen LogP contribution in [0.15, 0.2) is 12.4 Å². The third-order valence-corrected chi connectivity index (χ3v) is 2.16. The normalized spacial score (nSPS) is 11.9. The Bertz CT molecular complexity index is 384. The number of rotatable bonds is 5. The Hall–Kier alpha value is -0.920. The van der Waals surface area contributed by atoms with Crippen LogP contribution in [-0.4, -0.2) is 29.1 Å². The van der Waals surface area contributed by atoms with Gasteiger partial charge in [0.2, 0.25) is 0 Å². The highest BCUT2D eigenvalue weighted by atomic mass is 32.3. The summed E-state index contributed by atoms with van der Waals surface area (Å²) in [6.07, 6.45) is 3.77. The lowest BCUT2D eigenvalue weighted by Crippen LogP contribution is -2.10. The van der Waals surface area contributed by atoms with Gasteiger partial charge in [-0.15, -0.1) is 0 Å². The van der Waals surface area contributed by atoms with Crippen molar-refractivity contribution in [3.8, 4) is 0 Å². The Morgan fingerprint density at radius 2 is 2.36 bits per heavy atom. The van der Waals surface area contributed by atoms with Crippen molar-refractivity contribution in [3.05, 3.63) is 18.2 Å². The fraction of sp³-hybridized carbons (Fsp3) is 0.571. The third-order valence-electron chi connectivity index (χ3n) is 1.70. The average molecular weight is 220 g/mol. The molecule has 0 radical (unpaired) electrons. The zero-order valence-corrected chi connectivity index (χ0v) is 8.57. The first-order valence-corrected chi connectivity index (χ1v) is 5.51. The van der Waals surface area contributed by atoms with Crippen LogP contribution in [0.3, 0.4) is 0 Å². The summed E-state index contributed by atoms with van der Waals surface area (Å²) in [5, 5.41) is 0. The van der Waals surface area contributed by atoms with Crippen LogP contribution in [0.5, 0.6) is 0 Å². The van der Waals surface area contributed by atoms with Crippen molar-refractivity contribution in [1.82, 2.24) is 9.55 Å². The van der Waals surface area contributed by atoms with Gasteiger partial charge in [-0.25, -0.2) is 9.17 Å². The van der Waals surface area contributed by atoms with Gasteiger partial charge in [0.25, 0.3) is 0 Å². The third kappa shape index (κ3) is 3.44. The van der Waals surface area contributed by atoms with E-state index in [4.69, 9.17) is 4.55 Å². The summed E-state index contributed by atoms with van der Waals surface area (Å²) >= 11 is 0. The van der Waals surface area contributed by atoms with Gasteiger partial charge in [-0.2, -0.15) is 8.42 Å². The maximum absolute atomic E-state index is 10.2. The lowest BCUT2D eigenvalue weighted by molar-refractivity contribution is 0.269. The standard InChI is InChI=1S/C7H12N2O4S/c1-2-9-5-4-8-7(9)3-6-13-14(10,11)12/h4-5H,2-3,6H2,1H3,(H,10,11,12). The number of hydrogen-bond acceptors (Lipinski definition) is 4. The second-order valence-corrected chi connectivity index (χ2v) is 3.72. The minimum Gasteiger partial charge on any atom is -0.335 e. The van der Waals surface area contributed by atoms with E-state index in [2.05, 4.69) is 9.17 Å². The summed E-state index contributed by atoms with van der Waals surface area (Å²) in [5.41, 5.74) is 0. The van der Waals surface area contributed by atoms with Crippen molar-refractivity contribution in [2.24, 2.45) is 0 Å². The van der Waals surface area contributed by atoms with Gasteiger partial charge >= 0.3 is 10.4 Å². The highest BCUT2D eigenvalue weighted by Crippen LogP contribution is 1.99. The lowest BCUT2D eigenvalue weighted by atomic mass is 10.4. The molecular formula is C7H12N2O4S. The van der Waals surface area contributed by atoms with Gasteiger partial charge in [-0.3, -0.25) is 4.55 Å². The number of imidazole rings is 1. The summed E-state index contributed by atoms with van der Waals surface area (Å²) < 4.78 is 34.8. The van der Waals surface area contributed by atoms with Crippen molar-refractivity contribution in [2.75, 3.05) is 6.61 Å². The number of aryl methyl sites for hydroxylation is 1. The molecule has 0 atom stereocenters. The molecule has 1 aromatic heterocycles. The van der Waals surface area contributed by atoms with E-state index in [0.29, 0.717) is 6.42 Å². The fourth-order valence-corrected chi connectivity index (χ4v) is 1.39. The Morgan fingerprint density at radius 3 is 2.93 bits per heavy atom.